The van der Waals surface area contributed by atoms with Crippen LogP contribution >= 0.6 is 0 Å². The molecule has 1 aromatic carbocycles. The third-order valence-corrected chi connectivity index (χ3v) is 6.41. The first kappa shape index (κ1) is 21.0. The number of benzene rings is 1. The van der Waals surface area contributed by atoms with Crippen LogP contribution in [0.1, 0.15) is 38.7 Å². The minimum absolute atomic E-state index is 0.0233. The normalized spacial score (nSPS) is 19.6. The lowest BCUT2D eigenvalue weighted by atomic mass is 9.86. The lowest BCUT2D eigenvalue weighted by molar-refractivity contribution is -0.119. The van der Waals surface area contributed by atoms with Crippen molar-refractivity contribution >= 4 is 46.2 Å². The van der Waals surface area contributed by atoms with E-state index >= 15 is 0 Å². The Labute approximate surface area is 190 Å². The Hall–Kier alpha value is -3.82. The van der Waals surface area contributed by atoms with Gasteiger partial charge in [0.15, 0.2) is 11.4 Å². The molecule has 1 unspecified atom stereocenters. The molecule has 4 heterocycles. The van der Waals surface area contributed by atoms with Gasteiger partial charge >= 0.3 is 6.09 Å². The van der Waals surface area contributed by atoms with Crippen LogP contribution in [0.2, 0.25) is 0 Å². The van der Waals surface area contributed by atoms with E-state index in [2.05, 4.69) is 25.8 Å². The number of carboxylic acid groups (broad SMARTS) is 1. The van der Waals surface area contributed by atoms with Crippen molar-refractivity contribution in [3.8, 4) is 0 Å². The number of aromatic nitrogens is 2. The molecule has 0 aliphatic carbocycles. The topological polar surface area (TPSA) is 133 Å². The number of nitrogens with zero attached hydrogens (tertiary/aromatic N) is 3. The molecule has 2 amide bonds. The van der Waals surface area contributed by atoms with Crippen LogP contribution in [0, 0.1) is 0 Å². The summed E-state index contributed by atoms with van der Waals surface area (Å²) in [5, 5.41) is 17.8. The number of hydrogen-bond acceptors (Lipinski definition) is 7. The standard InChI is InChI=1S/C23H26N6O4/c1-23(2)15-6-5-14(12-17(15)26-20(23)30)24-21-27-16-8-11-33-18(16)19(28-21)29-9-3-4-13(7-10-29)25-22(31)32/h5-6,8,11-13,25H,3-4,7,9-10H2,1-2H3,(H,26,30)(H,31,32)(H,24,27,28). The molecule has 1 fully saturated rings. The maximum Gasteiger partial charge on any atom is 0.404 e. The fourth-order valence-corrected chi connectivity index (χ4v) is 4.55. The number of furan rings is 1. The smallest absolute Gasteiger partial charge is 0.404 e. The molecule has 33 heavy (non-hydrogen) atoms. The van der Waals surface area contributed by atoms with E-state index in [9.17, 15) is 9.59 Å². The van der Waals surface area contributed by atoms with Crippen LogP contribution in [0.4, 0.5) is 27.9 Å². The maximum absolute atomic E-state index is 12.3. The van der Waals surface area contributed by atoms with Gasteiger partial charge in [0.25, 0.3) is 0 Å². The van der Waals surface area contributed by atoms with Crippen LogP contribution in [-0.2, 0) is 10.2 Å². The molecule has 0 saturated carbocycles. The Balaban J connectivity index is 1.42. The monoisotopic (exact) mass is 450 g/mol. The second-order valence-electron chi connectivity index (χ2n) is 9.03. The van der Waals surface area contributed by atoms with Crippen molar-refractivity contribution in [3.05, 3.63) is 36.1 Å². The van der Waals surface area contributed by atoms with E-state index in [1.165, 1.54) is 0 Å². The van der Waals surface area contributed by atoms with Crippen LogP contribution in [-0.4, -0.2) is 46.2 Å². The van der Waals surface area contributed by atoms with Gasteiger partial charge in [-0.2, -0.15) is 4.98 Å². The average molecular weight is 450 g/mol. The molecule has 0 bridgehead atoms. The highest BCUT2D eigenvalue weighted by molar-refractivity contribution is 6.06. The third kappa shape index (κ3) is 3.92. The van der Waals surface area contributed by atoms with Crippen molar-refractivity contribution in [1.29, 1.82) is 0 Å². The first-order valence-corrected chi connectivity index (χ1v) is 11.0. The molecule has 1 atom stereocenters. The Morgan fingerprint density at radius 1 is 1.24 bits per heavy atom. The lowest BCUT2D eigenvalue weighted by Gasteiger charge is -2.22. The number of hydrogen-bond donors (Lipinski definition) is 4. The zero-order valence-electron chi connectivity index (χ0n) is 18.5. The van der Waals surface area contributed by atoms with E-state index in [-0.39, 0.29) is 11.9 Å². The zero-order valence-corrected chi connectivity index (χ0v) is 18.5. The Morgan fingerprint density at radius 2 is 2.09 bits per heavy atom. The zero-order chi connectivity index (χ0) is 23.2. The molecule has 2 aliphatic heterocycles. The fourth-order valence-electron chi connectivity index (χ4n) is 4.55. The van der Waals surface area contributed by atoms with Gasteiger partial charge in [-0.3, -0.25) is 4.79 Å². The van der Waals surface area contributed by atoms with Crippen molar-refractivity contribution < 1.29 is 19.1 Å². The SMILES string of the molecule is CC1(C)C(=O)Nc2cc(Nc3nc(N4CCCC(NC(=O)O)CC4)c4occc4n3)ccc21. The van der Waals surface area contributed by atoms with Crippen molar-refractivity contribution in [2.24, 2.45) is 0 Å². The second kappa shape index (κ2) is 7.95. The number of amides is 2. The van der Waals surface area contributed by atoms with E-state index in [1.807, 2.05) is 32.0 Å². The molecule has 3 aromatic rings. The van der Waals surface area contributed by atoms with Gasteiger partial charge in [-0.15, -0.1) is 0 Å². The highest BCUT2D eigenvalue weighted by atomic mass is 16.4. The predicted octanol–water partition coefficient (Wildman–Crippen LogP) is 3.82. The number of anilines is 4. The van der Waals surface area contributed by atoms with Gasteiger partial charge in [-0.05, 0) is 50.8 Å². The minimum Gasteiger partial charge on any atom is -0.465 e. The first-order chi connectivity index (χ1) is 15.8. The molecule has 5 rings (SSSR count). The number of carbonyl (C=O) groups excluding carboxylic acids is 1. The number of nitrogens with one attached hydrogen (secondary N) is 3. The second-order valence-corrected chi connectivity index (χ2v) is 9.03. The summed E-state index contributed by atoms with van der Waals surface area (Å²) < 4.78 is 5.68. The molecule has 10 nitrogen and oxygen atoms in total. The molecule has 0 radical (unpaired) electrons. The summed E-state index contributed by atoms with van der Waals surface area (Å²) in [4.78, 5) is 34.7. The van der Waals surface area contributed by atoms with Crippen molar-refractivity contribution in [2.45, 2.75) is 44.6 Å². The van der Waals surface area contributed by atoms with Gasteiger partial charge in [0.1, 0.15) is 5.52 Å². The lowest BCUT2D eigenvalue weighted by Crippen LogP contribution is -2.34. The average Bonchev–Trinajstić information content (AvgIpc) is 3.22. The molecule has 0 spiro atoms. The summed E-state index contributed by atoms with van der Waals surface area (Å²) in [6.07, 6.45) is 2.88. The summed E-state index contributed by atoms with van der Waals surface area (Å²) in [7, 11) is 0. The van der Waals surface area contributed by atoms with Gasteiger partial charge < -0.3 is 30.4 Å². The molecule has 10 heteroatoms. The van der Waals surface area contributed by atoms with E-state index in [0.717, 1.165) is 36.3 Å². The van der Waals surface area contributed by atoms with Crippen LogP contribution < -0.4 is 20.9 Å². The summed E-state index contributed by atoms with van der Waals surface area (Å²) in [5.74, 6) is 1.08. The molecule has 2 aromatic heterocycles. The van der Waals surface area contributed by atoms with Gasteiger partial charge in [0, 0.05) is 36.6 Å². The predicted molar refractivity (Wildman–Crippen MR) is 124 cm³/mol. The minimum atomic E-state index is -0.996. The fraction of sp³-hybridized carbons (Fsp3) is 0.391. The molecule has 1 saturated heterocycles. The highest BCUT2D eigenvalue weighted by Crippen LogP contribution is 2.39. The van der Waals surface area contributed by atoms with Crippen molar-refractivity contribution in [1.82, 2.24) is 15.3 Å². The maximum atomic E-state index is 12.3. The molecule has 2 aliphatic rings. The molecular weight excluding hydrogens is 424 g/mol. The quantitative estimate of drug-likeness (QED) is 0.472. The Bertz CT molecular complexity index is 1240. The highest BCUT2D eigenvalue weighted by Gasteiger charge is 2.38. The van der Waals surface area contributed by atoms with Gasteiger partial charge in [-0.1, -0.05) is 6.07 Å². The summed E-state index contributed by atoms with van der Waals surface area (Å²) in [5.41, 5.74) is 3.23. The third-order valence-electron chi connectivity index (χ3n) is 6.41. The first-order valence-electron chi connectivity index (χ1n) is 11.0. The van der Waals surface area contributed by atoms with Crippen LogP contribution in [0.15, 0.2) is 34.9 Å². The Kier molecular flexibility index (Phi) is 5.07. The van der Waals surface area contributed by atoms with Crippen LogP contribution in [0.5, 0.6) is 0 Å². The number of fused-ring (bicyclic) bond motifs is 2. The van der Waals surface area contributed by atoms with Gasteiger partial charge in [0.2, 0.25) is 11.9 Å². The van der Waals surface area contributed by atoms with E-state index in [0.29, 0.717) is 35.8 Å². The largest absolute Gasteiger partial charge is 0.465 e. The molecular formula is C23H26N6O4. The Morgan fingerprint density at radius 3 is 2.91 bits per heavy atom. The summed E-state index contributed by atoms with van der Waals surface area (Å²) in [6, 6.07) is 7.46. The van der Waals surface area contributed by atoms with Gasteiger partial charge in [0.05, 0.1) is 11.7 Å². The van der Waals surface area contributed by atoms with E-state index in [4.69, 9.17) is 14.5 Å². The summed E-state index contributed by atoms with van der Waals surface area (Å²) in [6.45, 7) is 5.20. The molecule has 172 valence electrons. The van der Waals surface area contributed by atoms with Crippen molar-refractivity contribution in [3.63, 3.8) is 0 Å². The number of carbonyl (C=O) groups is 2. The summed E-state index contributed by atoms with van der Waals surface area (Å²) >= 11 is 0. The number of rotatable bonds is 4. The van der Waals surface area contributed by atoms with Crippen molar-refractivity contribution in [2.75, 3.05) is 28.6 Å². The molecule has 4 N–H and O–H groups in total. The van der Waals surface area contributed by atoms with E-state index in [1.54, 1.807) is 12.3 Å². The van der Waals surface area contributed by atoms with Gasteiger partial charge in [-0.25, -0.2) is 9.78 Å². The van der Waals surface area contributed by atoms with Crippen LogP contribution in [0.25, 0.3) is 11.1 Å². The van der Waals surface area contributed by atoms with Crippen LogP contribution in [0.3, 0.4) is 0 Å². The van der Waals surface area contributed by atoms with E-state index < -0.39 is 11.5 Å².